The fourth-order valence-corrected chi connectivity index (χ4v) is 1.64. The van der Waals surface area contributed by atoms with E-state index in [2.05, 4.69) is 6.92 Å². The Morgan fingerprint density at radius 3 is 2.56 bits per heavy atom. The molecule has 0 bridgehead atoms. The molecule has 1 aromatic rings. The zero-order valence-electron chi connectivity index (χ0n) is 11.2. The highest BCUT2D eigenvalue weighted by molar-refractivity contribution is 5.35. The summed E-state index contributed by atoms with van der Waals surface area (Å²) in [4.78, 5) is 0. The second-order valence-electron chi connectivity index (χ2n) is 4.04. The lowest BCUT2D eigenvalue weighted by Gasteiger charge is -2.15. The van der Waals surface area contributed by atoms with E-state index >= 15 is 0 Å². The molecular formula is C14H23NO3. The normalized spacial score (nSPS) is 12.4. The summed E-state index contributed by atoms with van der Waals surface area (Å²) in [5, 5.41) is 0. The molecule has 0 heterocycles. The standard InChI is InChI=1S/C14H23NO3/c1-3-8-17-9-10-18-11-13(15)12-6-4-5-7-14(12)16-2/h4-7,13H,3,8-11,15H2,1-2H3. The minimum Gasteiger partial charge on any atom is -0.496 e. The molecule has 0 aliphatic rings. The Balaban J connectivity index is 2.29. The highest BCUT2D eigenvalue weighted by Gasteiger charge is 2.10. The van der Waals surface area contributed by atoms with Crippen molar-refractivity contribution in [2.75, 3.05) is 33.5 Å². The maximum Gasteiger partial charge on any atom is 0.123 e. The molecule has 4 heteroatoms. The molecule has 0 fully saturated rings. The highest BCUT2D eigenvalue weighted by atomic mass is 16.5. The van der Waals surface area contributed by atoms with Crippen molar-refractivity contribution in [3.63, 3.8) is 0 Å². The van der Waals surface area contributed by atoms with Crippen molar-refractivity contribution in [1.82, 2.24) is 0 Å². The first kappa shape index (κ1) is 15.0. The van der Waals surface area contributed by atoms with Crippen molar-refractivity contribution >= 4 is 0 Å². The third-order valence-electron chi connectivity index (χ3n) is 2.56. The Labute approximate surface area is 109 Å². The van der Waals surface area contributed by atoms with Crippen LogP contribution in [0, 0.1) is 0 Å². The van der Waals surface area contributed by atoms with Crippen LogP contribution in [0.15, 0.2) is 24.3 Å². The third kappa shape index (κ3) is 5.04. The topological polar surface area (TPSA) is 53.7 Å². The summed E-state index contributed by atoms with van der Waals surface area (Å²) >= 11 is 0. The van der Waals surface area contributed by atoms with E-state index in [0.717, 1.165) is 24.3 Å². The Kier molecular flexibility index (Phi) is 7.41. The van der Waals surface area contributed by atoms with Gasteiger partial charge in [0.15, 0.2) is 0 Å². The van der Waals surface area contributed by atoms with Gasteiger partial charge in [-0.2, -0.15) is 0 Å². The Hall–Kier alpha value is -1.10. The van der Waals surface area contributed by atoms with Gasteiger partial charge in [0, 0.05) is 12.2 Å². The molecule has 0 saturated carbocycles. The van der Waals surface area contributed by atoms with Crippen LogP contribution in [0.1, 0.15) is 24.9 Å². The SMILES string of the molecule is CCCOCCOCC(N)c1ccccc1OC. The second-order valence-corrected chi connectivity index (χ2v) is 4.04. The molecule has 0 radical (unpaired) electrons. The molecule has 0 saturated heterocycles. The van der Waals surface area contributed by atoms with Crippen molar-refractivity contribution in [3.8, 4) is 5.75 Å². The van der Waals surface area contributed by atoms with E-state index in [1.54, 1.807) is 7.11 Å². The molecule has 1 unspecified atom stereocenters. The van der Waals surface area contributed by atoms with Gasteiger partial charge in [0.1, 0.15) is 5.75 Å². The number of methoxy groups -OCH3 is 1. The van der Waals surface area contributed by atoms with E-state index in [1.807, 2.05) is 24.3 Å². The van der Waals surface area contributed by atoms with Crippen LogP contribution in [-0.4, -0.2) is 33.5 Å². The van der Waals surface area contributed by atoms with E-state index in [9.17, 15) is 0 Å². The first-order chi connectivity index (χ1) is 8.79. The Bertz CT molecular complexity index is 331. The van der Waals surface area contributed by atoms with Crippen LogP contribution in [-0.2, 0) is 9.47 Å². The molecule has 0 spiro atoms. The van der Waals surface area contributed by atoms with Crippen LogP contribution >= 0.6 is 0 Å². The molecule has 0 aliphatic heterocycles. The number of para-hydroxylation sites is 1. The van der Waals surface area contributed by atoms with E-state index in [0.29, 0.717) is 19.8 Å². The van der Waals surface area contributed by atoms with Crippen LogP contribution in [0.25, 0.3) is 0 Å². The van der Waals surface area contributed by atoms with Crippen LogP contribution in [0.4, 0.5) is 0 Å². The molecule has 0 amide bonds. The number of rotatable bonds is 9. The number of nitrogens with two attached hydrogens (primary N) is 1. The first-order valence-corrected chi connectivity index (χ1v) is 6.33. The van der Waals surface area contributed by atoms with Gasteiger partial charge in [0.05, 0.1) is 33.0 Å². The zero-order chi connectivity index (χ0) is 13.2. The molecule has 102 valence electrons. The molecular weight excluding hydrogens is 230 g/mol. The average molecular weight is 253 g/mol. The van der Waals surface area contributed by atoms with Crippen molar-refractivity contribution < 1.29 is 14.2 Å². The van der Waals surface area contributed by atoms with Gasteiger partial charge in [0.25, 0.3) is 0 Å². The summed E-state index contributed by atoms with van der Waals surface area (Å²) in [6.45, 7) is 4.52. The van der Waals surface area contributed by atoms with Crippen LogP contribution in [0.3, 0.4) is 0 Å². The predicted octanol–water partition coefficient (Wildman–Crippen LogP) is 2.14. The maximum atomic E-state index is 6.07. The average Bonchev–Trinajstić information content (AvgIpc) is 2.42. The highest BCUT2D eigenvalue weighted by Crippen LogP contribution is 2.23. The molecule has 0 aromatic heterocycles. The summed E-state index contributed by atoms with van der Waals surface area (Å²) in [5.41, 5.74) is 7.03. The van der Waals surface area contributed by atoms with Crippen LogP contribution in [0.2, 0.25) is 0 Å². The van der Waals surface area contributed by atoms with Crippen molar-refractivity contribution in [2.24, 2.45) is 5.73 Å². The van der Waals surface area contributed by atoms with Crippen LogP contribution in [0.5, 0.6) is 5.75 Å². The third-order valence-corrected chi connectivity index (χ3v) is 2.56. The van der Waals surface area contributed by atoms with Crippen molar-refractivity contribution in [1.29, 1.82) is 0 Å². The van der Waals surface area contributed by atoms with Gasteiger partial charge in [-0.05, 0) is 12.5 Å². The minimum absolute atomic E-state index is 0.174. The van der Waals surface area contributed by atoms with Gasteiger partial charge in [-0.15, -0.1) is 0 Å². The molecule has 18 heavy (non-hydrogen) atoms. The second kappa shape index (κ2) is 8.91. The van der Waals surface area contributed by atoms with Gasteiger partial charge < -0.3 is 19.9 Å². The lowest BCUT2D eigenvalue weighted by atomic mass is 10.1. The predicted molar refractivity (Wildman–Crippen MR) is 71.9 cm³/mol. The van der Waals surface area contributed by atoms with Gasteiger partial charge >= 0.3 is 0 Å². The lowest BCUT2D eigenvalue weighted by molar-refractivity contribution is 0.0426. The quantitative estimate of drug-likeness (QED) is 0.685. The van der Waals surface area contributed by atoms with E-state index < -0.39 is 0 Å². The van der Waals surface area contributed by atoms with Gasteiger partial charge in [-0.3, -0.25) is 0 Å². The Morgan fingerprint density at radius 1 is 1.11 bits per heavy atom. The first-order valence-electron chi connectivity index (χ1n) is 6.33. The van der Waals surface area contributed by atoms with E-state index in [1.165, 1.54) is 0 Å². The van der Waals surface area contributed by atoms with E-state index in [4.69, 9.17) is 19.9 Å². The smallest absolute Gasteiger partial charge is 0.123 e. The van der Waals surface area contributed by atoms with Gasteiger partial charge in [0.2, 0.25) is 0 Å². The molecule has 2 N–H and O–H groups in total. The van der Waals surface area contributed by atoms with Crippen molar-refractivity contribution in [3.05, 3.63) is 29.8 Å². The monoisotopic (exact) mass is 253 g/mol. The van der Waals surface area contributed by atoms with E-state index in [-0.39, 0.29) is 6.04 Å². The number of benzene rings is 1. The zero-order valence-corrected chi connectivity index (χ0v) is 11.2. The summed E-state index contributed by atoms with van der Waals surface area (Å²) in [6.07, 6.45) is 1.03. The molecule has 1 rings (SSSR count). The number of ether oxygens (including phenoxy) is 3. The summed E-state index contributed by atoms with van der Waals surface area (Å²) in [6, 6.07) is 7.56. The fraction of sp³-hybridized carbons (Fsp3) is 0.571. The summed E-state index contributed by atoms with van der Waals surface area (Å²) in [7, 11) is 1.64. The number of hydrogen-bond donors (Lipinski definition) is 1. The maximum absolute atomic E-state index is 6.07. The minimum atomic E-state index is -0.174. The van der Waals surface area contributed by atoms with Crippen LogP contribution < -0.4 is 10.5 Å². The van der Waals surface area contributed by atoms with Gasteiger partial charge in [-0.1, -0.05) is 25.1 Å². The molecule has 1 aromatic carbocycles. The largest absolute Gasteiger partial charge is 0.496 e. The summed E-state index contributed by atoms with van der Waals surface area (Å²) < 4.78 is 16.1. The lowest BCUT2D eigenvalue weighted by Crippen LogP contribution is -2.19. The van der Waals surface area contributed by atoms with Gasteiger partial charge in [-0.25, -0.2) is 0 Å². The number of hydrogen-bond acceptors (Lipinski definition) is 4. The van der Waals surface area contributed by atoms with Crippen molar-refractivity contribution in [2.45, 2.75) is 19.4 Å². The molecule has 1 atom stereocenters. The Morgan fingerprint density at radius 2 is 1.83 bits per heavy atom. The molecule has 0 aliphatic carbocycles. The molecule has 4 nitrogen and oxygen atoms in total. The summed E-state index contributed by atoms with van der Waals surface area (Å²) in [5.74, 6) is 0.802. The fourth-order valence-electron chi connectivity index (χ4n) is 1.64.